The number of aryl methyl sites for hydroxylation is 2. The van der Waals surface area contributed by atoms with Crippen molar-refractivity contribution in [2.24, 2.45) is 0 Å². The molecule has 0 spiro atoms. The van der Waals surface area contributed by atoms with Gasteiger partial charge in [-0.05, 0) is 56.3 Å². The van der Waals surface area contributed by atoms with Gasteiger partial charge in [0.25, 0.3) is 0 Å². The number of nitrogens with zero attached hydrogens (tertiary/aromatic N) is 3. The molecule has 30 heavy (non-hydrogen) atoms. The predicted octanol–water partition coefficient (Wildman–Crippen LogP) is 5.36. The van der Waals surface area contributed by atoms with Gasteiger partial charge in [-0.15, -0.1) is 0 Å². The second-order valence-electron chi connectivity index (χ2n) is 8.14. The van der Waals surface area contributed by atoms with Gasteiger partial charge in [0.05, 0.1) is 5.52 Å². The van der Waals surface area contributed by atoms with Gasteiger partial charge >= 0.3 is 0 Å². The first-order chi connectivity index (χ1) is 14.5. The second kappa shape index (κ2) is 7.43. The van der Waals surface area contributed by atoms with Crippen molar-refractivity contribution in [3.05, 3.63) is 83.3 Å². The molecule has 0 amide bonds. The molecule has 5 heteroatoms. The van der Waals surface area contributed by atoms with Gasteiger partial charge in [-0.3, -0.25) is 4.90 Å². The third-order valence-corrected chi connectivity index (χ3v) is 5.51. The summed E-state index contributed by atoms with van der Waals surface area (Å²) < 4.78 is 0. The molecule has 2 aromatic carbocycles. The molecule has 3 aromatic heterocycles. The van der Waals surface area contributed by atoms with Crippen LogP contribution in [0.5, 0.6) is 0 Å². The van der Waals surface area contributed by atoms with Crippen molar-refractivity contribution in [2.75, 3.05) is 7.05 Å². The molecule has 0 saturated heterocycles. The van der Waals surface area contributed by atoms with E-state index in [1.54, 1.807) is 0 Å². The standard InChI is InChI=1S/C25H25N5/c1-16-4-6-18(7-5-16)14-30(3)15-19-8-9-22-20(12-19)13-23(29-22)21-10-11-26-25-24(21)27-17(2)28-25/h4-13,29H,14-15H2,1-3H3,(H,26,27,28). The normalized spacial score (nSPS) is 11.7. The first kappa shape index (κ1) is 18.6. The van der Waals surface area contributed by atoms with E-state index in [1.165, 1.54) is 22.1 Å². The van der Waals surface area contributed by atoms with Gasteiger partial charge in [0.15, 0.2) is 5.65 Å². The number of pyridine rings is 1. The van der Waals surface area contributed by atoms with Crippen LogP contribution in [0.25, 0.3) is 33.3 Å². The highest BCUT2D eigenvalue weighted by molar-refractivity contribution is 5.94. The molecule has 0 saturated carbocycles. The van der Waals surface area contributed by atoms with E-state index < -0.39 is 0 Å². The zero-order valence-corrected chi connectivity index (χ0v) is 17.5. The molecule has 5 nitrogen and oxygen atoms in total. The van der Waals surface area contributed by atoms with Crippen LogP contribution in [0.2, 0.25) is 0 Å². The topological polar surface area (TPSA) is 60.6 Å². The minimum absolute atomic E-state index is 0.752. The molecule has 0 aliphatic rings. The minimum atomic E-state index is 0.752. The highest BCUT2D eigenvalue weighted by Gasteiger charge is 2.11. The number of hydrogen-bond donors (Lipinski definition) is 2. The first-order valence-corrected chi connectivity index (χ1v) is 10.2. The Morgan fingerprint density at radius 3 is 2.47 bits per heavy atom. The van der Waals surface area contributed by atoms with Gasteiger partial charge in [-0.2, -0.15) is 0 Å². The fourth-order valence-corrected chi connectivity index (χ4v) is 4.05. The maximum atomic E-state index is 4.45. The number of imidazole rings is 1. The van der Waals surface area contributed by atoms with E-state index in [9.17, 15) is 0 Å². The van der Waals surface area contributed by atoms with Crippen LogP contribution < -0.4 is 0 Å². The molecule has 0 radical (unpaired) electrons. The van der Waals surface area contributed by atoms with Crippen molar-refractivity contribution in [1.29, 1.82) is 0 Å². The SMILES string of the molecule is Cc1ccc(CN(C)Cc2ccc3[nH]c(-c4ccnc5nc(C)[nH]c45)cc3c2)cc1. The lowest BCUT2D eigenvalue weighted by atomic mass is 10.1. The summed E-state index contributed by atoms with van der Waals surface area (Å²) in [5.74, 6) is 0.875. The fraction of sp³-hybridized carbons (Fsp3) is 0.200. The zero-order chi connectivity index (χ0) is 20.7. The van der Waals surface area contributed by atoms with Crippen molar-refractivity contribution in [2.45, 2.75) is 26.9 Å². The number of nitrogens with one attached hydrogen (secondary N) is 2. The lowest BCUT2D eigenvalue weighted by molar-refractivity contribution is 0.319. The number of fused-ring (bicyclic) bond motifs is 2. The quantitative estimate of drug-likeness (QED) is 0.421. The summed E-state index contributed by atoms with van der Waals surface area (Å²) in [5, 5.41) is 1.22. The molecule has 0 fully saturated rings. The number of hydrogen-bond acceptors (Lipinski definition) is 3. The first-order valence-electron chi connectivity index (χ1n) is 10.2. The van der Waals surface area contributed by atoms with Crippen molar-refractivity contribution in [3.63, 3.8) is 0 Å². The maximum Gasteiger partial charge on any atom is 0.178 e. The highest BCUT2D eigenvalue weighted by atomic mass is 15.1. The summed E-state index contributed by atoms with van der Waals surface area (Å²) in [6.07, 6.45) is 1.81. The number of rotatable bonds is 5. The summed E-state index contributed by atoms with van der Waals surface area (Å²) >= 11 is 0. The van der Waals surface area contributed by atoms with Crippen molar-refractivity contribution >= 4 is 22.1 Å². The van der Waals surface area contributed by atoms with Crippen molar-refractivity contribution < 1.29 is 0 Å². The van der Waals surface area contributed by atoms with Gasteiger partial charge in [-0.1, -0.05) is 35.9 Å². The van der Waals surface area contributed by atoms with Crippen LogP contribution >= 0.6 is 0 Å². The number of aromatic nitrogens is 4. The largest absolute Gasteiger partial charge is 0.354 e. The van der Waals surface area contributed by atoms with E-state index in [1.807, 2.05) is 19.2 Å². The number of benzene rings is 2. The van der Waals surface area contributed by atoms with Gasteiger partial charge in [-0.25, -0.2) is 9.97 Å². The Morgan fingerprint density at radius 1 is 0.867 bits per heavy atom. The van der Waals surface area contributed by atoms with Crippen LogP contribution in [-0.4, -0.2) is 31.9 Å². The van der Waals surface area contributed by atoms with E-state index in [-0.39, 0.29) is 0 Å². The molecule has 0 atom stereocenters. The van der Waals surface area contributed by atoms with Crippen LogP contribution in [0, 0.1) is 13.8 Å². The third-order valence-electron chi connectivity index (χ3n) is 5.51. The van der Waals surface area contributed by atoms with Crippen molar-refractivity contribution in [3.8, 4) is 11.3 Å². The van der Waals surface area contributed by atoms with E-state index in [0.717, 1.165) is 46.9 Å². The average Bonchev–Trinajstić information content (AvgIpc) is 3.31. The second-order valence-corrected chi connectivity index (χ2v) is 8.14. The molecule has 150 valence electrons. The Hall–Kier alpha value is -3.44. The summed E-state index contributed by atoms with van der Waals surface area (Å²) in [6.45, 7) is 5.92. The molecule has 5 aromatic rings. The van der Waals surface area contributed by atoms with E-state index >= 15 is 0 Å². The molecule has 0 unspecified atom stereocenters. The van der Waals surface area contributed by atoms with Crippen LogP contribution in [0.15, 0.2) is 60.8 Å². The Bertz CT molecular complexity index is 1330. The van der Waals surface area contributed by atoms with Crippen LogP contribution in [-0.2, 0) is 13.1 Å². The van der Waals surface area contributed by atoms with Crippen molar-refractivity contribution in [1.82, 2.24) is 24.8 Å². The smallest absolute Gasteiger partial charge is 0.178 e. The molecule has 0 aliphatic carbocycles. The van der Waals surface area contributed by atoms with Crippen LogP contribution in [0.3, 0.4) is 0 Å². The Morgan fingerprint density at radius 2 is 1.63 bits per heavy atom. The summed E-state index contributed by atoms with van der Waals surface area (Å²) in [6, 6.07) is 19.7. The zero-order valence-electron chi connectivity index (χ0n) is 17.5. The molecular formula is C25H25N5. The van der Waals surface area contributed by atoms with Crippen LogP contribution in [0.1, 0.15) is 22.5 Å². The summed E-state index contributed by atoms with van der Waals surface area (Å²) in [5.41, 5.74) is 8.97. The lowest BCUT2D eigenvalue weighted by Crippen LogP contribution is -2.17. The monoisotopic (exact) mass is 395 g/mol. The van der Waals surface area contributed by atoms with Gasteiger partial charge in [0.1, 0.15) is 5.82 Å². The molecule has 5 rings (SSSR count). The maximum absolute atomic E-state index is 4.45. The van der Waals surface area contributed by atoms with Gasteiger partial charge in [0.2, 0.25) is 0 Å². The molecule has 0 bridgehead atoms. The van der Waals surface area contributed by atoms with E-state index in [0.29, 0.717) is 0 Å². The summed E-state index contributed by atoms with van der Waals surface area (Å²) in [7, 11) is 2.17. The van der Waals surface area contributed by atoms with Crippen LogP contribution in [0.4, 0.5) is 0 Å². The predicted molar refractivity (Wildman–Crippen MR) is 122 cm³/mol. The number of aromatic amines is 2. The average molecular weight is 396 g/mol. The molecule has 3 heterocycles. The summed E-state index contributed by atoms with van der Waals surface area (Å²) in [4.78, 5) is 18.0. The lowest BCUT2D eigenvalue weighted by Gasteiger charge is -2.17. The Labute approximate surface area is 175 Å². The molecular weight excluding hydrogens is 370 g/mol. The highest BCUT2D eigenvalue weighted by Crippen LogP contribution is 2.29. The molecule has 0 aliphatic heterocycles. The van der Waals surface area contributed by atoms with E-state index in [4.69, 9.17) is 0 Å². The number of H-pyrrole nitrogens is 2. The Balaban J connectivity index is 1.40. The van der Waals surface area contributed by atoms with Gasteiger partial charge in [0, 0.05) is 41.4 Å². The van der Waals surface area contributed by atoms with E-state index in [2.05, 4.69) is 87.3 Å². The fourth-order valence-electron chi connectivity index (χ4n) is 4.05. The van der Waals surface area contributed by atoms with Gasteiger partial charge < -0.3 is 9.97 Å². The molecule has 2 N–H and O–H groups in total. The third kappa shape index (κ3) is 3.60. The Kier molecular flexibility index (Phi) is 4.60. The minimum Gasteiger partial charge on any atom is -0.354 e.